The van der Waals surface area contributed by atoms with Crippen LogP contribution in [0.15, 0.2) is 47.6 Å². The van der Waals surface area contributed by atoms with E-state index in [9.17, 15) is 9.59 Å². The number of benzene rings is 2. The second-order valence-corrected chi connectivity index (χ2v) is 12.3. The van der Waals surface area contributed by atoms with Gasteiger partial charge in [0.2, 0.25) is 0 Å². The molecular weight excluding hydrogens is 496 g/mol. The number of aromatic nitrogens is 3. The number of ether oxygens (including phenoxy) is 1. The lowest BCUT2D eigenvalue weighted by Gasteiger charge is -2.32. The Balaban J connectivity index is 1.49. The molecule has 8 heteroatoms. The standard InChI is InChI=1S/C30H36N4O3S/c1-7-19-10-8-9-18(2)24(19)34-23(17-31-27(36)20-11-13-21(37-6)14-12-20)32-33-28(34)38-25-22-15-16-30(5,26(25)35)29(22,3)4/h8-14,22,25H,7,15-17H2,1-6H3,(H,31,36). The third-order valence-electron chi connectivity index (χ3n) is 9.09. The fourth-order valence-corrected chi connectivity index (χ4v) is 7.92. The van der Waals surface area contributed by atoms with Gasteiger partial charge in [0.25, 0.3) is 5.91 Å². The highest BCUT2D eigenvalue weighted by atomic mass is 32.2. The van der Waals surface area contributed by atoms with Crippen LogP contribution < -0.4 is 10.1 Å². The van der Waals surface area contributed by atoms with Crippen LogP contribution in [0.1, 0.15) is 67.8 Å². The molecule has 0 spiro atoms. The first-order chi connectivity index (χ1) is 18.1. The summed E-state index contributed by atoms with van der Waals surface area (Å²) in [5.41, 5.74) is 3.49. The molecule has 3 atom stereocenters. The zero-order valence-electron chi connectivity index (χ0n) is 23.0. The van der Waals surface area contributed by atoms with Crippen LogP contribution in [0.4, 0.5) is 0 Å². The minimum atomic E-state index is -0.299. The molecule has 2 aliphatic rings. The van der Waals surface area contributed by atoms with Crippen molar-refractivity contribution in [1.82, 2.24) is 20.1 Å². The molecule has 200 valence electrons. The maximum Gasteiger partial charge on any atom is 0.251 e. The smallest absolute Gasteiger partial charge is 0.251 e. The van der Waals surface area contributed by atoms with E-state index < -0.39 is 0 Å². The molecule has 7 nitrogen and oxygen atoms in total. The van der Waals surface area contributed by atoms with E-state index in [0.717, 1.165) is 30.5 Å². The Morgan fingerprint density at radius 1 is 1.16 bits per heavy atom. The van der Waals surface area contributed by atoms with Gasteiger partial charge in [-0.3, -0.25) is 14.2 Å². The summed E-state index contributed by atoms with van der Waals surface area (Å²) in [7, 11) is 1.60. The van der Waals surface area contributed by atoms with Crippen LogP contribution in [0.3, 0.4) is 0 Å². The molecule has 2 aromatic carbocycles. The fourth-order valence-electron chi connectivity index (χ4n) is 6.30. The summed E-state index contributed by atoms with van der Waals surface area (Å²) in [6.45, 7) is 11.0. The molecule has 0 aliphatic heterocycles. The number of aryl methyl sites for hydroxylation is 2. The third kappa shape index (κ3) is 4.13. The number of hydrogen-bond donors (Lipinski definition) is 1. The summed E-state index contributed by atoms with van der Waals surface area (Å²) in [6.07, 6.45) is 2.84. The van der Waals surface area contributed by atoms with Gasteiger partial charge >= 0.3 is 0 Å². The highest BCUT2D eigenvalue weighted by Crippen LogP contribution is 2.66. The van der Waals surface area contributed by atoms with E-state index in [1.54, 1.807) is 43.1 Å². The fraction of sp³-hybridized carbons (Fsp3) is 0.467. The quantitative estimate of drug-likeness (QED) is 0.409. The highest BCUT2D eigenvalue weighted by Gasteiger charge is 2.66. The van der Waals surface area contributed by atoms with Crippen molar-refractivity contribution < 1.29 is 14.3 Å². The second kappa shape index (κ2) is 9.88. The number of hydrogen-bond acceptors (Lipinski definition) is 6. The average Bonchev–Trinajstić information content (AvgIpc) is 3.45. The van der Waals surface area contributed by atoms with E-state index in [0.29, 0.717) is 34.0 Å². The molecule has 1 aromatic heterocycles. The Hall–Kier alpha value is -3.13. The van der Waals surface area contributed by atoms with Gasteiger partial charge in [-0.2, -0.15) is 0 Å². The van der Waals surface area contributed by atoms with E-state index in [1.807, 2.05) is 0 Å². The van der Waals surface area contributed by atoms with E-state index in [-0.39, 0.29) is 28.5 Å². The first kappa shape index (κ1) is 26.5. The molecule has 0 saturated heterocycles. The van der Waals surface area contributed by atoms with Gasteiger partial charge in [0.1, 0.15) is 5.75 Å². The Kier molecular flexibility index (Phi) is 6.88. The number of rotatable bonds is 8. The monoisotopic (exact) mass is 532 g/mol. The minimum Gasteiger partial charge on any atom is -0.497 e. The molecule has 1 heterocycles. The predicted molar refractivity (Wildman–Crippen MR) is 149 cm³/mol. The van der Waals surface area contributed by atoms with Crippen molar-refractivity contribution >= 4 is 23.5 Å². The van der Waals surface area contributed by atoms with Crippen LogP contribution in [0.2, 0.25) is 0 Å². The van der Waals surface area contributed by atoms with Gasteiger partial charge in [-0.25, -0.2) is 0 Å². The van der Waals surface area contributed by atoms with Crippen LogP contribution in [0, 0.1) is 23.7 Å². The minimum absolute atomic E-state index is 0.0426. The normalized spacial score (nSPS) is 23.6. The van der Waals surface area contributed by atoms with E-state index in [4.69, 9.17) is 4.74 Å². The molecule has 3 aromatic rings. The first-order valence-electron chi connectivity index (χ1n) is 13.3. The largest absolute Gasteiger partial charge is 0.497 e. The van der Waals surface area contributed by atoms with Gasteiger partial charge < -0.3 is 10.1 Å². The number of ketones is 1. The van der Waals surface area contributed by atoms with Crippen molar-refractivity contribution in [2.24, 2.45) is 16.7 Å². The Morgan fingerprint density at radius 2 is 1.89 bits per heavy atom. The van der Waals surface area contributed by atoms with Crippen molar-refractivity contribution in [3.8, 4) is 11.4 Å². The van der Waals surface area contributed by atoms with Crippen LogP contribution in [-0.2, 0) is 17.8 Å². The number of carbonyl (C=O) groups is 2. The zero-order valence-corrected chi connectivity index (χ0v) is 23.8. The second-order valence-electron chi connectivity index (χ2n) is 11.2. The summed E-state index contributed by atoms with van der Waals surface area (Å²) < 4.78 is 7.26. The maximum absolute atomic E-state index is 13.6. The number of Topliss-reactive ketones (excluding diaryl/α,β-unsaturated/α-hetero) is 1. The van der Waals surface area contributed by atoms with Crippen molar-refractivity contribution in [3.63, 3.8) is 0 Å². The number of nitrogens with one attached hydrogen (secondary N) is 1. The number of fused-ring (bicyclic) bond motifs is 2. The Morgan fingerprint density at radius 3 is 2.53 bits per heavy atom. The number of carbonyl (C=O) groups excluding carboxylic acids is 2. The van der Waals surface area contributed by atoms with Gasteiger partial charge in [-0.15, -0.1) is 10.2 Å². The van der Waals surface area contributed by atoms with Gasteiger partial charge in [0.05, 0.1) is 24.6 Å². The summed E-state index contributed by atoms with van der Waals surface area (Å²) >= 11 is 1.54. The topological polar surface area (TPSA) is 86.1 Å². The van der Waals surface area contributed by atoms with Crippen LogP contribution in [0.25, 0.3) is 5.69 Å². The molecule has 38 heavy (non-hydrogen) atoms. The van der Waals surface area contributed by atoms with Crippen molar-refractivity contribution in [2.75, 3.05) is 7.11 Å². The van der Waals surface area contributed by atoms with Crippen molar-refractivity contribution in [1.29, 1.82) is 0 Å². The van der Waals surface area contributed by atoms with Crippen LogP contribution in [-0.4, -0.2) is 38.8 Å². The first-order valence-corrected chi connectivity index (χ1v) is 14.2. The van der Waals surface area contributed by atoms with Crippen molar-refractivity contribution in [3.05, 3.63) is 65.0 Å². The van der Waals surface area contributed by atoms with Gasteiger partial charge in [-0.05, 0) is 72.9 Å². The summed E-state index contributed by atoms with van der Waals surface area (Å²) in [5.74, 6) is 1.76. The number of methoxy groups -OCH3 is 1. The molecule has 2 saturated carbocycles. The van der Waals surface area contributed by atoms with E-state index in [1.165, 1.54) is 5.56 Å². The molecule has 1 amide bonds. The number of para-hydroxylation sites is 1. The Labute approximate surface area is 228 Å². The number of nitrogens with zero attached hydrogens (tertiary/aromatic N) is 3. The van der Waals surface area contributed by atoms with E-state index in [2.05, 4.69) is 72.9 Å². The molecule has 0 radical (unpaired) electrons. The van der Waals surface area contributed by atoms with Gasteiger partial charge in [0, 0.05) is 11.0 Å². The lowest BCUT2D eigenvalue weighted by molar-refractivity contribution is -0.127. The van der Waals surface area contributed by atoms with Gasteiger partial charge in [-0.1, -0.05) is 57.7 Å². The molecule has 2 bridgehead atoms. The molecule has 5 rings (SSSR count). The number of thioether (sulfide) groups is 1. The molecule has 2 aliphatic carbocycles. The SMILES string of the molecule is CCc1cccc(C)c1-n1c(CNC(=O)c2ccc(OC)cc2)nnc1SC1C(=O)C2(C)CCC1C2(C)C. The predicted octanol–water partition coefficient (Wildman–Crippen LogP) is 5.56. The maximum atomic E-state index is 13.6. The van der Waals surface area contributed by atoms with Crippen LogP contribution >= 0.6 is 11.8 Å². The molecule has 1 N–H and O–H groups in total. The summed E-state index contributed by atoms with van der Waals surface area (Å²) in [5, 5.41) is 12.7. The van der Waals surface area contributed by atoms with Crippen LogP contribution in [0.5, 0.6) is 5.75 Å². The average molecular weight is 533 g/mol. The molecule has 2 fully saturated rings. The lowest BCUT2D eigenvalue weighted by Crippen LogP contribution is -2.34. The summed E-state index contributed by atoms with van der Waals surface area (Å²) in [4.78, 5) is 26.5. The van der Waals surface area contributed by atoms with Crippen molar-refractivity contribution in [2.45, 2.75) is 70.8 Å². The number of amides is 1. The molecule has 3 unspecified atom stereocenters. The highest BCUT2D eigenvalue weighted by molar-refractivity contribution is 8.00. The zero-order chi connectivity index (χ0) is 27.2. The lowest BCUT2D eigenvalue weighted by atomic mass is 9.70. The van der Waals surface area contributed by atoms with E-state index >= 15 is 0 Å². The summed E-state index contributed by atoms with van der Waals surface area (Å²) in [6, 6.07) is 13.3. The Bertz CT molecular complexity index is 1380. The third-order valence-corrected chi connectivity index (χ3v) is 10.4. The van der Waals surface area contributed by atoms with Gasteiger partial charge in [0.15, 0.2) is 16.8 Å². The molecular formula is C30H36N4O3S.